The van der Waals surface area contributed by atoms with Crippen molar-refractivity contribution >= 4 is 34.4 Å². The highest BCUT2D eigenvalue weighted by molar-refractivity contribution is 7.08. The number of thiophene rings is 1. The first-order valence-corrected chi connectivity index (χ1v) is 9.09. The molecule has 0 fully saturated rings. The molecule has 0 amide bonds. The number of aryl methyl sites for hydroxylation is 2. The smallest absolute Gasteiger partial charge is 0.336 e. The molecule has 1 aromatic carbocycles. The third-order valence-electron chi connectivity index (χ3n) is 4.37. The molecule has 1 aliphatic carbocycles. The summed E-state index contributed by atoms with van der Waals surface area (Å²) in [4.78, 5) is 23.7. The quantitative estimate of drug-likeness (QED) is 0.403. The number of rotatable bonds is 4. The van der Waals surface area contributed by atoms with E-state index in [1.807, 2.05) is 22.9 Å². The van der Waals surface area contributed by atoms with Crippen molar-refractivity contribution in [2.75, 3.05) is 0 Å². The number of hydrogen-bond acceptors (Lipinski definition) is 5. The Balaban J connectivity index is 1.56. The van der Waals surface area contributed by atoms with Crippen LogP contribution in [-0.2, 0) is 29.0 Å². The fourth-order valence-corrected chi connectivity index (χ4v) is 3.77. The Morgan fingerprint density at radius 1 is 1.24 bits per heavy atom. The van der Waals surface area contributed by atoms with Crippen LogP contribution in [0.1, 0.15) is 28.7 Å². The summed E-state index contributed by atoms with van der Waals surface area (Å²) in [6.07, 6.45) is 6.28. The van der Waals surface area contributed by atoms with Crippen molar-refractivity contribution in [1.29, 1.82) is 0 Å². The molecular weight excluding hydrogens is 336 g/mol. The van der Waals surface area contributed by atoms with Gasteiger partial charge in [0.2, 0.25) is 0 Å². The molecule has 0 aliphatic heterocycles. The third-order valence-corrected chi connectivity index (χ3v) is 5.07. The lowest BCUT2D eigenvalue weighted by atomic mass is 10.0. The summed E-state index contributed by atoms with van der Waals surface area (Å²) in [6.45, 7) is 0.0493. The van der Waals surface area contributed by atoms with Crippen LogP contribution < -0.4 is 5.63 Å². The van der Waals surface area contributed by atoms with Crippen molar-refractivity contribution in [3.8, 4) is 0 Å². The fourth-order valence-electron chi connectivity index (χ4n) is 3.15. The number of hydrogen-bond donors (Lipinski definition) is 0. The van der Waals surface area contributed by atoms with Crippen LogP contribution in [0.15, 0.2) is 50.3 Å². The van der Waals surface area contributed by atoms with Crippen LogP contribution in [0.25, 0.3) is 17.0 Å². The summed E-state index contributed by atoms with van der Waals surface area (Å²) in [7, 11) is 0. The molecule has 0 N–H and O–H groups in total. The second kappa shape index (κ2) is 6.69. The van der Waals surface area contributed by atoms with Crippen molar-refractivity contribution in [3.05, 3.63) is 73.8 Å². The molecule has 4 rings (SSSR count). The third kappa shape index (κ3) is 3.42. The van der Waals surface area contributed by atoms with Gasteiger partial charge in [0.25, 0.3) is 0 Å². The number of benzene rings is 1. The molecule has 0 saturated carbocycles. The lowest BCUT2D eigenvalue weighted by Gasteiger charge is -2.08. The molecule has 0 saturated heterocycles. The Bertz CT molecular complexity index is 1010. The fraction of sp³-hybridized carbons (Fsp3) is 0.200. The normalized spacial score (nSPS) is 13.4. The van der Waals surface area contributed by atoms with E-state index in [0.29, 0.717) is 11.1 Å². The minimum Gasteiger partial charge on any atom is -0.458 e. The van der Waals surface area contributed by atoms with Crippen LogP contribution in [0.3, 0.4) is 0 Å². The van der Waals surface area contributed by atoms with Crippen molar-refractivity contribution in [3.63, 3.8) is 0 Å². The Morgan fingerprint density at radius 3 is 2.88 bits per heavy atom. The van der Waals surface area contributed by atoms with E-state index in [9.17, 15) is 9.59 Å². The lowest BCUT2D eigenvalue weighted by Crippen LogP contribution is -2.06. The van der Waals surface area contributed by atoms with E-state index in [0.717, 1.165) is 30.2 Å². The van der Waals surface area contributed by atoms with Gasteiger partial charge in [0.1, 0.15) is 12.2 Å². The molecular formula is C20H16O4S. The summed E-state index contributed by atoms with van der Waals surface area (Å²) in [5.41, 5.74) is 4.30. The molecule has 25 heavy (non-hydrogen) atoms. The zero-order chi connectivity index (χ0) is 17.2. The van der Waals surface area contributed by atoms with Crippen LogP contribution >= 0.6 is 11.3 Å². The van der Waals surface area contributed by atoms with Gasteiger partial charge in [0.05, 0.1) is 0 Å². The number of fused-ring (bicyclic) bond motifs is 2. The Hall–Kier alpha value is -2.66. The van der Waals surface area contributed by atoms with Gasteiger partial charge in [0, 0.05) is 23.1 Å². The highest BCUT2D eigenvalue weighted by Crippen LogP contribution is 2.28. The van der Waals surface area contributed by atoms with Gasteiger partial charge in [-0.1, -0.05) is 0 Å². The zero-order valence-corrected chi connectivity index (χ0v) is 14.3. The van der Waals surface area contributed by atoms with E-state index in [1.54, 1.807) is 17.4 Å². The van der Waals surface area contributed by atoms with Gasteiger partial charge in [-0.15, -0.1) is 0 Å². The number of esters is 1. The molecule has 5 heteroatoms. The van der Waals surface area contributed by atoms with Crippen molar-refractivity contribution < 1.29 is 13.9 Å². The lowest BCUT2D eigenvalue weighted by molar-refractivity contribution is -0.138. The zero-order valence-electron chi connectivity index (χ0n) is 13.5. The molecule has 126 valence electrons. The first-order chi connectivity index (χ1) is 12.2. The number of ether oxygens (including phenoxy) is 1. The van der Waals surface area contributed by atoms with Gasteiger partial charge >= 0.3 is 11.6 Å². The number of carbonyl (C=O) groups is 1. The van der Waals surface area contributed by atoms with Gasteiger partial charge < -0.3 is 9.15 Å². The van der Waals surface area contributed by atoms with Crippen LogP contribution in [-0.4, -0.2) is 5.97 Å². The summed E-state index contributed by atoms with van der Waals surface area (Å²) in [5, 5.41) is 4.73. The van der Waals surface area contributed by atoms with E-state index in [-0.39, 0.29) is 6.61 Å². The van der Waals surface area contributed by atoms with Crippen LogP contribution in [0.2, 0.25) is 0 Å². The summed E-state index contributed by atoms with van der Waals surface area (Å²) < 4.78 is 10.6. The van der Waals surface area contributed by atoms with Gasteiger partial charge in [-0.2, -0.15) is 11.3 Å². The van der Waals surface area contributed by atoms with Crippen molar-refractivity contribution in [2.45, 2.75) is 25.9 Å². The molecule has 1 aliphatic rings. The van der Waals surface area contributed by atoms with E-state index in [4.69, 9.17) is 9.15 Å². The molecule has 0 radical (unpaired) electrons. The van der Waals surface area contributed by atoms with E-state index < -0.39 is 11.6 Å². The molecule has 0 unspecified atom stereocenters. The highest BCUT2D eigenvalue weighted by Gasteiger charge is 2.15. The molecule has 0 spiro atoms. The summed E-state index contributed by atoms with van der Waals surface area (Å²) >= 11 is 1.57. The average molecular weight is 352 g/mol. The molecule has 0 atom stereocenters. The van der Waals surface area contributed by atoms with E-state index >= 15 is 0 Å². The van der Waals surface area contributed by atoms with E-state index in [1.165, 1.54) is 23.3 Å². The monoisotopic (exact) mass is 352 g/mol. The van der Waals surface area contributed by atoms with Gasteiger partial charge in [-0.25, -0.2) is 9.59 Å². The van der Waals surface area contributed by atoms with Crippen LogP contribution in [0.4, 0.5) is 0 Å². The minimum absolute atomic E-state index is 0.0493. The number of carbonyl (C=O) groups excluding carboxylic acids is 1. The maximum absolute atomic E-state index is 11.9. The maximum Gasteiger partial charge on any atom is 0.336 e. The first-order valence-electron chi connectivity index (χ1n) is 8.14. The predicted octanol–water partition coefficient (Wildman–Crippen LogP) is 4.10. The predicted molar refractivity (Wildman–Crippen MR) is 97.7 cm³/mol. The standard InChI is InChI=1S/C20H16O4S/c21-19(5-4-13-6-7-25-12-13)23-11-16-10-20(22)24-18-9-15-3-1-2-14(15)8-17(16)18/h4-10,12H,1-3,11H2/b5-4+. The Morgan fingerprint density at radius 2 is 2.08 bits per heavy atom. The highest BCUT2D eigenvalue weighted by atomic mass is 32.1. The molecule has 2 aromatic heterocycles. The van der Waals surface area contributed by atoms with Gasteiger partial charge in [0.15, 0.2) is 0 Å². The van der Waals surface area contributed by atoms with E-state index in [2.05, 4.69) is 6.07 Å². The topological polar surface area (TPSA) is 56.5 Å². The first kappa shape index (κ1) is 15.8. The Kier molecular flexibility index (Phi) is 4.24. The van der Waals surface area contributed by atoms with Crippen molar-refractivity contribution in [2.24, 2.45) is 0 Å². The minimum atomic E-state index is -0.436. The molecule has 0 bridgehead atoms. The maximum atomic E-state index is 11.9. The van der Waals surface area contributed by atoms with Crippen LogP contribution in [0.5, 0.6) is 0 Å². The molecule has 2 heterocycles. The largest absolute Gasteiger partial charge is 0.458 e. The summed E-state index contributed by atoms with van der Waals surface area (Å²) in [5.74, 6) is -0.436. The van der Waals surface area contributed by atoms with Crippen LogP contribution in [0, 0.1) is 0 Å². The SMILES string of the molecule is O=C(/C=C/c1ccsc1)OCc1cc(=O)oc2cc3c(cc12)CCC3. The van der Waals surface area contributed by atoms with Gasteiger partial charge in [-0.05, 0) is 71.0 Å². The average Bonchev–Trinajstić information content (AvgIpc) is 3.27. The molecule has 4 nitrogen and oxygen atoms in total. The Labute approximate surface area is 148 Å². The second-order valence-corrected chi connectivity index (χ2v) is 6.84. The summed E-state index contributed by atoms with van der Waals surface area (Å²) in [6, 6.07) is 7.33. The van der Waals surface area contributed by atoms with Crippen molar-refractivity contribution in [1.82, 2.24) is 0 Å². The van der Waals surface area contributed by atoms with Gasteiger partial charge in [-0.3, -0.25) is 0 Å². The molecule has 3 aromatic rings. The second-order valence-electron chi connectivity index (χ2n) is 6.06.